The number of carbonyl (C=O) groups excluding carboxylic acids is 2. The van der Waals surface area contributed by atoms with Crippen LogP contribution in [-0.4, -0.2) is 18.3 Å². The van der Waals surface area contributed by atoms with Crippen LogP contribution in [0.3, 0.4) is 0 Å². The Morgan fingerprint density at radius 1 is 0.882 bits per heavy atom. The van der Waals surface area contributed by atoms with Crippen molar-refractivity contribution < 1.29 is 23.5 Å². The van der Waals surface area contributed by atoms with Crippen LogP contribution in [0, 0.1) is 0 Å². The van der Waals surface area contributed by atoms with E-state index in [1.807, 2.05) is 25.1 Å². The highest BCUT2D eigenvalue weighted by Crippen LogP contribution is 2.25. The molecule has 172 valence electrons. The maximum atomic E-state index is 13.0. The molecule has 1 N–H and O–H groups in total. The fourth-order valence-corrected chi connectivity index (χ4v) is 3.45. The van der Waals surface area contributed by atoms with Gasteiger partial charge in [0.1, 0.15) is 23.9 Å². The van der Waals surface area contributed by atoms with Gasteiger partial charge in [-0.3, -0.25) is 9.59 Å². The fourth-order valence-electron chi connectivity index (χ4n) is 3.27. The number of benzene rings is 3. The van der Waals surface area contributed by atoms with Crippen LogP contribution in [0.4, 0.5) is 5.69 Å². The molecule has 0 aliphatic carbocycles. The fraction of sp³-hybridized carbons (Fsp3) is 0.111. The summed E-state index contributed by atoms with van der Waals surface area (Å²) in [5.74, 6) is 1.25. The predicted molar refractivity (Wildman–Crippen MR) is 130 cm³/mol. The number of hydrogen-bond acceptors (Lipinski definition) is 5. The lowest BCUT2D eigenvalue weighted by molar-refractivity contribution is 0.0992. The van der Waals surface area contributed by atoms with Crippen LogP contribution in [0.15, 0.2) is 89.3 Å². The molecule has 0 atom stereocenters. The van der Waals surface area contributed by atoms with Crippen LogP contribution in [0.5, 0.6) is 11.5 Å². The van der Waals surface area contributed by atoms with Gasteiger partial charge in [0.05, 0.1) is 12.3 Å². The molecule has 0 fully saturated rings. The zero-order valence-corrected chi connectivity index (χ0v) is 19.2. The summed E-state index contributed by atoms with van der Waals surface area (Å²) in [5.41, 5.74) is 1.12. The van der Waals surface area contributed by atoms with E-state index < -0.39 is 5.91 Å². The molecule has 0 saturated heterocycles. The lowest BCUT2D eigenvalue weighted by atomic mass is 10.0. The second-order valence-corrected chi connectivity index (χ2v) is 7.73. The molecule has 34 heavy (non-hydrogen) atoms. The topological polar surface area (TPSA) is 77.8 Å². The first kappa shape index (κ1) is 23.1. The Balaban J connectivity index is 1.43. The Hall–Kier alpha value is -4.03. The number of anilines is 1. The molecular weight excluding hydrogens is 454 g/mol. The number of rotatable bonds is 9. The zero-order valence-electron chi connectivity index (χ0n) is 18.4. The summed E-state index contributed by atoms with van der Waals surface area (Å²) < 4.78 is 16.8. The van der Waals surface area contributed by atoms with Crippen LogP contribution in [0.2, 0.25) is 5.02 Å². The van der Waals surface area contributed by atoms with Gasteiger partial charge < -0.3 is 19.2 Å². The molecule has 0 bridgehead atoms. The predicted octanol–water partition coefficient (Wildman–Crippen LogP) is 6.39. The molecule has 0 spiro atoms. The van der Waals surface area contributed by atoms with Crippen LogP contribution >= 0.6 is 11.6 Å². The quantitative estimate of drug-likeness (QED) is 0.284. The van der Waals surface area contributed by atoms with E-state index >= 15 is 0 Å². The minimum Gasteiger partial charge on any atom is -0.494 e. The average Bonchev–Trinajstić information content (AvgIpc) is 3.34. The Kier molecular flexibility index (Phi) is 7.30. The van der Waals surface area contributed by atoms with Gasteiger partial charge in [0.15, 0.2) is 11.5 Å². The lowest BCUT2D eigenvalue weighted by Crippen LogP contribution is -2.14. The van der Waals surface area contributed by atoms with Crippen molar-refractivity contribution in [3.05, 3.63) is 113 Å². The monoisotopic (exact) mass is 475 g/mol. The molecule has 1 amide bonds. The molecule has 0 aliphatic heterocycles. The second-order valence-electron chi connectivity index (χ2n) is 7.30. The van der Waals surface area contributed by atoms with E-state index in [4.69, 9.17) is 25.5 Å². The van der Waals surface area contributed by atoms with Crippen LogP contribution in [0.25, 0.3) is 0 Å². The van der Waals surface area contributed by atoms with Gasteiger partial charge in [0.25, 0.3) is 5.91 Å². The SMILES string of the molecule is CCOc1ccc(OCc2ccc(C(=O)Nc3ccc(Cl)cc3C(=O)c3ccccc3)o2)cc1. The maximum absolute atomic E-state index is 13.0. The Morgan fingerprint density at radius 2 is 1.59 bits per heavy atom. The number of nitrogens with one attached hydrogen (secondary N) is 1. The molecule has 6 nitrogen and oxygen atoms in total. The molecule has 4 rings (SSSR count). The van der Waals surface area contributed by atoms with Gasteiger partial charge in [-0.05, 0) is 61.5 Å². The standard InChI is InChI=1S/C27H22ClNO5/c1-2-32-20-9-11-21(12-10-20)33-17-22-13-15-25(34-22)27(31)29-24-14-8-19(28)16-23(24)26(30)18-6-4-3-5-7-18/h3-16H,2,17H2,1H3,(H,29,31). The first-order valence-electron chi connectivity index (χ1n) is 10.7. The molecule has 4 aromatic rings. The summed E-state index contributed by atoms with van der Waals surface area (Å²) in [6.07, 6.45) is 0. The van der Waals surface area contributed by atoms with E-state index in [1.54, 1.807) is 60.7 Å². The van der Waals surface area contributed by atoms with Gasteiger partial charge in [-0.2, -0.15) is 0 Å². The highest BCUT2D eigenvalue weighted by atomic mass is 35.5. The van der Waals surface area contributed by atoms with E-state index in [9.17, 15) is 9.59 Å². The third-order valence-electron chi connectivity index (χ3n) is 4.91. The highest BCUT2D eigenvalue weighted by molar-refractivity contribution is 6.31. The summed E-state index contributed by atoms with van der Waals surface area (Å²) in [4.78, 5) is 25.8. The van der Waals surface area contributed by atoms with Crippen LogP contribution in [-0.2, 0) is 6.61 Å². The first-order valence-corrected chi connectivity index (χ1v) is 11.1. The van der Waals surface area contributed by atoms with E-state index in [0.29, 0.717) is 34.4 Å². The molecule has 0 aliphatic rings. The van der Waals surface area contributed by atoms with Crippen LogP contribution < -0.4 is 14.8 Å². The average molecular weight is 476 g/mol. The molecule has 1 aromatic heterocycles. The molecule has 0 unspecified atom stereocenters. The Labute approximate surface area is 202 Å². The van der Waals surface area contributed by atoms with E-state index in [1.165, 1.54) is 6.07 Å². The normalized spacial score (nSPS) is 10.5. The van der Waals surface area contributed by atoms with Crippen LogP contribution in [0.1, 0.15) is 39.2 Å². The summed E-state index contributed by atoms with van der Waals surface area (Å²) in [7, 11) is 0. The zero-order chi connectivity index (χ0) is 23.9. The largest absolute Gasteiger partial charge is 0.494 e. The van der Waals surface area contributed by atoms with E-state index in [2.05, 4.69) is 5.32 Å². The number of ether oxygens (including phenoxy) is 2. The second kappa shape index (κ2) is 10.7. The molecule has 7 heteroatoms. The number of furan rings is 1. The highest BCUT2D eigenvalue weighted by Gasteiger charge is 2.18. The van der Waals surface area contributed by atoms with Gasteiger partial charge in [-0.25, -0.2) is 0 Å². The van der Waals surface area contributed by atoms with E-state index in [0.717, 1.165) is 5.75 Å². The molecule has 1 heterocycles. The third kappa shape index (κ3) is 5.66. The maximum Gasteiger partial charge on any atom is 0.291 e. The van der Waals surface area contributed by atoms with Crippen molar-refractivity contribution in [3.8, 4) is 11.5 Å². The lowest BCUT2D eigenvalue weighted by Gasteiger charge is -2.10. The van der Waals surface area contributed by atoms with Crippen molar-refractivity contribution in [3.63, 3.8) is 0 Å². The van der Waals surface area contributed by atoms with Gasteiger partial charge in [-0.1, -0.05) is 41.9 Å². The van der Waals surface area contributed by atoms with Crippen molar-refractivity contribution >= 4 is 29.0 Å². The van der Waals surface area contributed by atoms with Gasteiger partial charge in [0, 0.05) is 16.1 Å². The third-order valence-corrected chi connectivity index (χ3v) is 5.15. The van der Waals surface area contributed by atoms with Gasteiger partial charge in [-0.15, -0.1) is 0 Å². The number of ketones is 1. The van der Waals surface area contributed by atoms with E-state index in [-0.39, 0.29) is 23.7 Å². The number of hydrogen-bond donors (Lipinski definition) is 1. The van der Waals surface area contributed by atoms with Crippen molar-refractivity contribution in [2.45, 2.75) is 13.5 Å². The number of carbonyl (C=O) groups is 2. The molecule has 3 aromatic carbocycles. The molecule has 0 radical (unpaired) electrons. The minimum atomic E-state index is -0.489. The minimum absolute atomic E-state index is 0.0957. The summed E-state index contributed by atoms with van der Waals surface area (Å²) in [5, 5.41) is 3.14. The van der Waals surface area contributed by atoms with Gasteiger partial charge >= 0.3 is 0 Å². The van der Waals surface area contributed by atoms with Gasteiger partial charge in [0.2, 0.25) is 0 Å². The first-order chi connectivity index (χ1) is 16.5. The Bertz CT molecular complexity index is 1280. The summed E-state index contributed by atoms with van der Waals surface area (Å²) >= 11 is 6.11. The molecular formula is C27H22ClNO5. The molecule has 0 saturated carbocycles. The smallest absolute Gasteiger partial charge is 0.291 e. The van der Waals surface area contributed by atoms with Crippen molar-refractivity contribution in [1.82, 2.24) is 0 Å². The van der Waals surface area contributed by atoms with Crippen molar-refractivity contribution in [2.24, 2.45) is 0 Å². The van der Waals surface area contributed by atoms with Crippen molar-refractivity contribution in [1.29, 1.82) is 0 Å². The number of halogens is 1. The summed E-state index contributed by atoms with van der Waals surface area (Å²) in [6, 6.07) is 24.0. The Morgan fingerprint density at radius 3 is 2.29 bits per heavy atom. The van der Waals surface area contributed by atoms with Crippen molar-refractivity contribution in [2.75, 3.05) is 11.9 Å². The number of amides is 1. The summed E-state index contributed by atoms with van der Waals surface area (Å²) in [6.45, 7) is 2.67.